The molecule has 0 radical (unpaired) electrons. The maximum atomic E-state index is 11.3. The zero-order chi connectivity index (χ0) is 14.5. The third kappa shape index (κ3) is 3.54. The molecule has 2 rings (SSSR count). The Kier molecular flexibility index (Phi) is 4.68. The number of nitro groups is 1. The van der Waals surface area contributed by atoms with E-state index in [4.69, 9.17) is 0 Å². The highest BCUT2D eigenvalue weighted by molar-refractivity contribution is 5.73. The summed E-state index contributed by atoms with van der Waals surface area (Å²) in [6.45, 7) is 1.16. The number of aliphatic carboxylic acids is 1. The van der Waals surface area contributed by atoms with E-state index < -0.39 is 16.9 Å². The molecule has 0 amide bonds. The van der Waals surface area contributed by atoms with E-state index in [9.17, 15) is 20.0 Å². The van der Waals surface area contributed by atoms with Crippen LogP contribution < -0.4 is 0 Å². The van der Waals surface area contributed by atoms with Crippen molar-refractivity contribution in [1.82, 2.24) is 4.90 Å². The Morgan fingerprint density at radius 2 is 2.20 bits per heavy atom. The van der Waals surface area contributed by atoms with E-state index in [2.05, 4.69) is 0 Å². The molecule has 6 heteroatoms. The van der Waals surface area contributed by atoms with Gasteiger partial charge < -0.3 is 5.11 Å². The van der Waals surface area contributed by atoms with Gasteiger partial charge in [0.15, 0.2) is 0 Å². The minimum Gasteiger partial charge on any atom is -0.480 e. The molecule has 1 saturated heterocycles. The Balaban J connectivity index is 2.15. The van der Waals surface area contributed by atoms with Crippen molar-refractivity contribution in [3.8, 4) is 0 Å². The number of rotatable bonds is 4. The summed E-state index contributed by atoms with van der Waals surface area (Å²) in [7, 11) is 0. The summed E-state index contributed by atoms with van der Waals surface area (Å²) in [6.07, 6.45) is 3.57. The highest BCUT2D eigenvalue weighted by Crippen LogP contribution is 2.21. The first-order valence-corrected chi connectivity index (χ1v) is 6.78. The van der Waals surface area contributed by atoms with Gasteiger partial charge in [-0.05, 0) is 24.9 Å². The summed E-state index contributed by atoms with van der Waals surface area (Å²) in [5.74, 6) is -0.808. The third-order valence-corrected chi connectivity index (χ3v) is 3.66. The quantitative estimate of drug-likeness (QED) is 0.675. The van der Waals surface area contributed by atoms with Crippen molar-refractivity contribution < 1.29 is 14.8 Å². The summed E-state index contributed by atoms with van der Waals surface area (Å²) in [4.78, 5) is 23.6. The molecule has 6 nitrogen and oxygen atoms in total. The fourth-order valence-corrected chi connectivity index (χ4v) is 2.64. The number of likely N-dealkylation sites (tertiary alicyclic amines) is 1. The molecule has 1 atom stereocenters. The molecule has 0 spiro atoms. The standard InChI is InChI=1S/C14H18N2O4/c17-14(18)13-7-2-1-3-8-15(13)10-11-5-4-6-12(9-11)16(19)20/h4-6,9,13H,1-3,7-8,10H2,(H,17,18). The normalized spacial score (nSPS) is 20.3. The summed E-state index contributed by atoms with van der Waals surface area (Å²) in [5, 5.41) is 20.1. The van der Waals surface area contributed by atoms with Gasteiger partial charge in [-0.3, -0.25) is 19.8 Å². The van der Waals surface area contributed by atoms with Crippen LogP contribution in [0.5, 0.6) is 0 Å². The zero-order valence-corrected chi connectivity index (χ0v) is 11.2. The van der Waals surface area contributed by atoms with E-state index in [1.54, 1.807) is 12.1 Å². The van der Waals surface area contributed by atoms with E-state index in [1.165, 1.54) is 12.1 Å². The highest BCUT2D eigenvalue weighted by Gasteiger charge is 2.27. The average Bonchev–Trinajstić information content (AvgIpc) is 2.64. The van der Waals surface area contributed by atoms with Crippen LogP contribution >= 0.6 is 0 Å². The van der Waals surface area contributed by atoms with Crippen molar-refractivity contribution in [3.63, 3.8) is 0 Å². The number of carboxylic acid groups (broad SMARTS) is 1. The number of nitro benzene ring substituents is 1. The number of hydrogen-bond acceptors (Lipinski definition) is 4. The third-order valence-electron chi connectivity index (χ3n) is 3.66. The topological polar surface area (TPSA) is 83.7 Å². The fourth-order valence-electron chi connectivity index (χ4n) is 2.64. The van der Waals surface area contributed by atoms with E-state index in [0.29, 0.717) is 13.0 Å². The lowest BCUT2D eigenvalue weighted by Gasteiger charge is -2.26. The molecule has 1 heterocycles. The molecule has 1 aliphatic heterocycles. The molecule has 0 saturated carbocycles. The SMILES string of the molecule is O=C(O)C1CCCCCN1Cc1cccc([N+](=O)[O-])c1. The molecule has 1 N–H and O–H groups in total. The van der Waals surface area contributed by atoms with Gasteiger partial charge in [0.05, 0.1) is 4.92 Å². The second-order valence-electron chi connectivity index (χ2n) is 5.10. The molecule has 108 valence electrons. The zero-order valence-electron chi connectivity index (χ0n) is 11.2. The van der Waals surface area contributed by atoms with Gasteiger partial charge >= 0.3 is 5.97 Å². The maximum absolute atomic E-state index is 11.3. The molecule has 1 fully saturated rings. The predicted octanol–water partition coefficient (Wildman–Crippen LogP) is 2.42. The molecule has 1 aromatic rings. The first kappa shape index (κ1) is 14.5. The van der Waals surface area contributed by atoms with Crippen LogP contribution in [0, 0.1) is 10.1 Å². The van der Waals surface area contributed by atoms with Crippen LogP contribution in [0.25, 0.3) is 0 Å². The van der Waals surface area contributed by atoms with Gasteiger partial charge in [-0.1, -0.05) is 25.0 Å². The molecule has 1 aromatic carbocycles. The monoisotopic (exact) mass is 278 g/mol. The van der Waals surface area contributed by atoms with Gasteiger partial charge in [0.2, 0.25) is 0 Å². The molecule has 0 bridgehead atoms. The Morgan fingerprint density at radius 3 is 2.90 bits per heavy atom. The Bertz CT molecular complexity index is 504. The molecule has 1 aliphatic rings. The van der Waals surface area contributed by atoms with Gasteiger partial charge in [0.1, 0.15) is 6.04 Å². The maximum Gasteiger partial charge on any atom is 0.320 e. The lowest BCUT2D eigenvalue weighted by Crippen LogP contribution is -2.40. The van der Waals surface area contributed by atoms with Crippen LogP contribution in [0.15, 0.2) is 24.3 Å². The highest BCUT2D eigenvalue weighted by atomic mass is 16.6. The number of hydrogen-bond donors (Lipinski definition) is 1. The number of benzene rings is 1. The van der Waals surface area contributed by atoms with E-state index in [0.717, 1.165) is 31.4 Å². The summed E-state index contributed by atoms with van der Waals surface area (Å²) in [5.41, 5.74) is 0.830. The molecule has 1 unspecified atom stereocenters. The Labute approximate surface area is 117 Å². The summed E-state index contributed by atoms with van der Waals surface area (Å²) in [6, 6.07) is 5.92. The number of carboxylic acids is 1. The lowest BCUT2D eigenvalue weighted by molar-refractivity contribution is -0.384. The van der Waals surface area contributed by atoms with Gasteiger partial charge in [-0.25, -0.2) is 0 Å². The largest absolute Gasteiger partial charge is 0.480 e. The minimum absolute atomic E-state index is 0.0456. The van der Waals surface area contributed by atoms with Crippen LogP contribution in [0.2, 0.25) is 0 Å². The Morgan fingerprint density at radius 1 is 1.40 bits per heavy atom. The summed E-state index contributed by atoms with van der Waals surface area (Å²) >= 11 is 0. The molecular formula is C14H18N2O4. The van der Waals surface area contributed by atoms with Gasteiger partial charge in [0.25, 0.3) is 5.69 Å². The molecule has 20 heavy (non-hydrogen) atoms. The van der Waals surface area contributed by atoms with Crippen molar-refractivity contribution in [2.45, 2.75) is 38.3 Å². The number of carbonyl (C=O) groups is 1. The molecular weight excluding hydrogens is 260 g/mol. The van der Waals surface area contributed by atoms with Crippen LogP contribution in [0.3, 0.4) is 0 Å². The molecule has 0 aromatic heterocycles. The van der Waals surface area contributed by atoms with Crippen LogP contribution in [-0.4, -0.2) is 33.5 Å². The smallest absolute Gasteiger partial charge is 0.320 e. The fraction of sp³-hybridized carbons (Fsp3) is 0.500. The molecule has 0 aliphatic carbocycles. The van der Waals surface area contributed by atoms with Crippen molar-refractivity contribution in [2.75, 3.05) is 6.54 Å². The summed E-state index contributed by atoms with van der Waals surface area (Å²) < 4.78 is 0. The van der Waals surface area contributed by atoms with Crippen molar-refractivity contribution in [1.29, 1.82) is 0 Å². The van der Waals surface area contributed by atoms with Gasteiger partial charge in [0, 0.05) is 18.7 Å². The second kappa shape index (κ2) is 6.47. The second-order valence-corrected chi connectivity index (χ2v) is 5.10. The van der Waals surface area contributed by atoms with Crippen LogP contribution in [0.1, 0.15) is 31.2 Å². The van der Waals surface area contributed by atoms with E-state index >= 15 is 0 Å². The van der Waals surface area contributed by atoms with Crippen molar-refractivity contribution in [2.24, 2.45) is 0 Å². The van der Waals surface area contributed by atoms with Gasteiger partial charge in [-0.2, -0.15) is 0 Å². The first-order chi connectivity index (χ1) is 9.58. The minimum atomic E-state index is -0.808. The van der Waals surface area contributed by atoms with E-state index in [-0.39, 0.29) is 5.69 Å². The first-order valence-electron chi connectivity index (χ1n) is 6.78. The lowest BCUT2D eigenvalue weighted by atomic mass is 10.1. The predicted molar refractivity (Wildman–Crippen MR) is 73.4 cm³/mol. The van der Waals surface area contributed by atoms with Crippen molar-refractivity contribution >= 4 is 11.7 Å². The van der Waals surface area contributed by atoms with E-state index in [1.807, 2.05) is 4.90 Å². The Hall–Kier alpha value is -1.95. The average molecular weight is 278 g/mol. The van der Waals surface area contributed by atoms with Crippen LogP contribution in [-0.2, 0) is 11.3 Å². The van der Waals surface area contributed by atoms with Crippen LogP contribution in [0.4, 0.5) is 5.69 Å². The van der Waals surface area contributed by atoms with Gasteiger partial charge in [-0.15, -0.1) is 0 Å². The number of non-ortho nitro benzene ring substituents is 1. The number of nitrogens with zero attached hydrogens (tertiary/aromatic N) is 2. The van der Waals surface area contributed by atoms with Crippen molar-refractivity contribution in [3.05, 3.63) is 39.9 Å².